The summed E-state index contributed by atoms with van der Waals surface area (Å²) in [6.45, 7) is 4.92. The van der Waals surface area contributed by atoms with Crippen LogP contribution in [-0.4, -0.2) is 19.6 Å². The molecule has 0 saturated heterocycles. The van der Waals surface area contributed by atoms with Crippen LogP contribution in [0.25, 0.3) is 0 Å². The Morgan fingerprint density at radius 3 is 2.21 bits per heavy atom. The number of nitrogen functional groups attached to an aromatic ring is 1. The van der Waals surface area contributed by atoms with Crippen molar-refractivity contribution in [1.29, 1.82) is 0 Å². The number of carbonyl (C=O) groups excluding carboxylic acids is 1. The maximum atomic E-state index is 11.7. The van der Waals surface area contributed by atoms with E-state index < -0.39 is 21.2 Å². The van der Waals surface area contributed by atoms with Gasteiger partial charge in [0.15, 0.2) is 0 Å². The highest BCUT2D eigenvalue weighted by Gasteiger charge is 2.20. The van der Waals surface area contributed by atoms with E-state index in [9.17, 15) is 13.2 Å². The van der Waals surface area contributed by atoms with Crippen molar-refractivity contribution in [2.75, 3.05) is 5.73 Å². The lowest BCUT2D eigenvalue weighted by molar-refractivity contribution is -0.119. The molecule has 6 heteroatoms. The third-order valence-electron chi connectivity index (χ3n) is 2.87. The fraction of sp³-hybridized carbons (Fsp3) is 0.462. The molecule has 0 aliphatic carbocycles. The number of nitrogens with one attached hydrogen (secondary N) is 1. The van der Waals surface area contributed by atoms with E-state index in [0.29, 0.717) is 5.69 Å². The number of hydrogen-bond donors (Lipinski definition) is 2. The van der Waals surface area contributed by atoms with Gasteiger partial charge in [-0.15, -0.1) is 0 Å². The van der Waals surface area contributed by atoms with Crippen LogP contribution in [0.4, 0.5) is 5.69 Å². The number of nitrogens with two attached hydrogens (primary N) is 1. The van der Waals surface area contributed by atoms with Gasteiger partial charge in [-0.2, -0.15) is 0 Å². The van der Waals surface area contributed by atoms with Gasteiger partial charge in [0.1, 0.15) is 0 Å². The minimum Gasteiger partial charge on any atom is -0.399 e. The Hall–Kier alpha value is -1.56. The van der Waals surface area contributed by atoms with Gasteiger partial charge in [-0.3, -0.25) is 9.52 Å². The lowest BCUT2D eigenvalue weighted by Gasteiger charge is -2.13. The van der Waals surface area contributed by atoms with E-state index in [1.165, 1.54) is 13.8 Å². The van der Waals surface area contributed by atoms with Crippen molar-refractivity contribution < 1.29 is 13.2 Å². The quantitative estimate of drug-likeness (QED) is 0.804. The van der Waals surface area contributed by atoms with Gasteiger partial charge in [0.25, 0.3) is 0 Å². The lowest BCUT2D eigenvalue weighted by Crippen LogP contribution is -2.36. The molecule has 3 N–H and O–H groups in total. The third kappa shape index (κ3) is 4.55. The van der Waals surface area contributed by atoms with Crippen LogP contribution < -0.4 is 10.5 Å². The number of amides is 1. The largest absolute Gasteiger partial charge is 0.399 e. The van der Waals surface area contributed by atoms with E-state index in [0.717, 1.165) is 5.56 Å². The zero-order valence-corrected chi connectivity index (χ0v) is 12.2. The third-order valence-corrected chi connectivity index (χ3v) is 4.63. The Labute approximate surface area is 114 Å². The molecule has 1 amide bonds. The standard InChI is InChI=1S/C13H20N2O3S/c1-9(2)19(17,18)15-13(16)8-10(3)11-4-6-12(14)7-5-11/h4-7,9-10H,8,14H2,1-3H3,(H,15,16). The van der Waals surface area contributed by atoms with Crippen molar-refractivity contribution in [2.45, 2.75) is 38.4 Å². The van der Waals surface area contributed by atoms with Crippen molar-refractivity contribution in [2.24, 2.45) is 0 Å². The summed E-state index contributed by atoms with van der Waals surface area (Å²) >= 11 is 0. The number of rotatable bonds is 5. The summed E-state index contributed by atoms with van der Waals surface area (Å²) in [5, 5.41) is -0.622. The van der Waals surface area contributed by atoms with Crippen LogP contribution in [0.5, 0.6) is 0 Å². The van der Waals surface area contributed by atoms with Crippen LogP contribution in [0, 0.1) is 0 Å². The zero-order valence-electron chi connectivity index (χ0n) is 11.4. The second-order valence-electron chi connectivity index (χ2n) is 4.89. The summed E-state index contributed by atoms with van der Waals surface area (Å²) in [4.78, 5) is 11.7. The SMILES string of the molecule is CC(CC(=O)NS(=O)(=O)C(C)C)c1ccc(N)cc1. The van der Waals surface area contributed by atoms with E-state index in [2.05, 4.69) is 4.72 Å². The van der Waals surface area contributed by atoms with Gasteiger partial charge in [-0.25, -0.2) is 8.42 Å². The number of benzene rings is 1. The molecular formula is C13H20N2O3S. The van der Waals surface area contributed by atoms with Crippen molar-refractivity contribution in [3.8, 4) is 0 Å². The van der Waals surface area contributed by atoms with Crippen molar-refractivity contribution in [3.63, 3.8) is 0 Å². The first kappa shape index (κ1) is 15.5. The first-order valence-electron chi connectivity index (χ1n) is 6.12. The summed E-state index contributed by atoms with van der Waals surface area (Å²) in [6, 6.07) is 7.19. The van der Waals surface area contributed by atoms with E-state index >= 15 is 0 Å². The highest BCUT2D eigenvalue weighted by atomic mass is 32.2. The molecule has 0 radical (unpaired) electrons. The summed E-state index contributed by atoms with van der Waals surface area (Å²) in [6.07, 6.45) is 0.121. The monoisotopic (exact) mass is 284 g/mol. The smallest absolute Gasteiger partial charge is 0.237 e. The maximum Gasteiger partial charge on any atom is 0.237 e. The van der Waals surface area contributed by atoms with Gasteiger partial charge >= 0.3 is 0 Å². The first-order chi connectivity index (χ1) is 8.72. The van der Waals surface area contributed by atoms with Crippen molar-refractivity contribution in [3.05, 3.63) is 29.8 Å². The van der Waals surface area contributed by atoms with Crippen LogP contribution >= 0.6 is 0 Å². The van der Waals surface area contributed by atoms with Gasteiger partial charge in [0.05, 0.1) is 5.25 Å². The van der Waals surface area contributed by atoms with Crippen LogP contribution in [0.2, 0.25) is 0 Å². The molecule has 0 heterocycles. The average Bonchev–Trinajstić information content (AvgIpc) is 2.28. The summed E-state index contributed by atoms with van der Waals surface area (Å²) in [5.41, 5.74) is 7.19. The second kappa shape index (κ2) is 6.06. The fourth-order valence-electron chi connectivity index (χ4n) is 1.54. The van der Waals surface area contributed by atoms with Crippen LogP contribution in [0.15, 0.2) is 24.3 Å². The molecule has 1 aromatic rings. The molecular weight excluding hydrogens is 264 g/mol. The number of carbonyl (C=O) groups is 1. The Balaban J connectivity index is 2.65. The minimum absolute atomic E-state index is 0.0667. The van der Waals surface area contributed by atoms with Crippen molar-refractivity contribution >= 4 is 21.6 Å². The first-order valence-corrected chi connectivity index (χ1v) is 7.67. The van der Waals surface area contributed by atoms with E-state index in [1.54, 1.807) is 12.1 Å². The maximum absolute atomic E-state index is 11.7. The molecule has 0 aromatic heterocycles. The van der Waals surface area contributed by atoms with Gasteiger partial charge in [-0.1, -0.05) is 19.1 Å². The predicted octanol–water partition coefficient (Wildman–Crippen LogP) is 1.62. The average molecular weight is 284 g/mol. The van der Waals surface area contributed by atoms with E-state index in [-0.39, 0.29) is 12.3 Å². The Morgan fingerprint density at radius 1 is 1.21 bits per heavy atom. The van der Waals surface area contributed by atoms with Crippen LogP contribution in [0.1, 0.15) is 38.7 Å². The molecule has 0 saturated carbocycles. The topological polar surface area (TPSA) is 89.3 Å². The number of hydrogen-bond acceptors (Lipinski definition) is 4. The molecule has 1 rings (SSSR count). The lowest BCUT2D eigenvalue weighted by atomic mass is 9.97. The molecule has 0 spiro atoms. The molecule has 19 heavy (non-hydrogen) atoms. The van der Waals surface area contributed by atoms with Gasteiger partial charge < -0.3 is 5.73 Å². The summed E-state index contributed by atoms with van der Waals surface area (Å²) < 4.78 is 25.2. The number of sulfonamides is 1. The fourth-order valence-corrected chi connectivity index (χ4v) is 2.18. The van der Waals surface area contributed by atoms with Crippen molar-refractivity contribution in [1.82, 2.24) is 4.72 Å². The highest BCUT2D eigenvalue weighted by molar-refractivity contribution is 7.90. The molecule has 5 nitrogen and oxygen atoms in total. The molecule has 0 aliphatic heterocycles. The molecule has 1 atom stereocenters. The summed E-state index contributed by atoms with van der Waals surface area (Å²) in [5.74, 6) is -0.555. The van der Waals surface area contributed by atoms with E-state index in [1.807, 2.05) is 19.1 Å². The van der Waals surface area contributed by atoms with Crippen LogP contribution in [0.3, 0.4) is 0 Å². The Kier molecular flexibility index (Phi) is 4.94. The molecule has 0 aliphatic rings. The van der Waals surface area contributed by atoms with Gasteiger partial charge in [-0.05, 0) is 37.5 Å². The number of anilines is 1. The Bertz CT molecular complexity index is 536. The van der Waals surface area contributed by atoms with Crippen LogP contribution in [-0.2, 0) is 14.8 Å². The zero-order chi connectivity index (χ0) is 14.6. The molecule has 0 fully saturated rings. The van der Waals surface area contributed by atoms with E-state index in [4.69, 9.17) is 5.73 Å². The molecule has 106 valence electrons. The molecule has 1 aromatic carbocycles. The highest BCUT2D eigenvalue weighted by Crippen LogP contribution is 2.20. The van der Waals surface area contributed by atoms with Gasteiger partial charge in [0.2, 0.25) is 15.9 Å². The predicted molar refractivity (Wildman–Crippen MR) is 76.1 cm³/mol. The second-order valence-corrected chi connectivity index (χ2v) is 7.13. The summed E-state index contributed by atoms with van der Waals surface area (Å²) in [7, 11) is -3.55. The minimum atomic E-state index is -3.55. The van der Waals surface area contributed by atoms with Gasteiger partial charge in [0, 0.05) is 12.1 Å². The normalized spacial score (nSPS) is 13.3. The molecule has 1 unspecified atom stereocenters. The Morgan fingerprint density at radius 2 is 1.74 bits per heavy atom. The molecule has 0 bridgehead atoms.